The molecule has 0 aliphatic heterocycles. The van der Waals surface area contributed by atoms with Crippen LogP contribution in [-0.4, -0.2) is 23.4 Å². The summed E-state index contributed by atoms with van der Waals surface area (Å²) in [6.07, 6.45) is 2.99. The minimum atomic E-state index is -0.865. The fourth-order valence-corrected chi connectivity index (χ4v) is 2.56. The molecule has 0 heterocycles. The van der Waals surface area contributed by atoms with Gasteiger partial charge in [-0.15, -0.1) is 11.8 Å². The second kappa shape index (κ2) is 4.26. The number of carbonyl (C=O) groups is 1. The van der Waals surface area contributed by atoms with Crippen LogP contribution in [0.1, 0.15) is 30.6 Å². The van der Waals surface area contributed by atoms with E-state index in [4.69, 9.17) is 0 Å². The van der Waals surface area contributed by atoms with E-state index < -0.39 is 5.97 Å². The van der Waals surface area contributed by atoms with E-state index in [-0.39, 0.29) is 5.41 Å². The lowest BCUT2D eigenvalue weighted by atomic mass is 10.1. The lowest BCUT2D eigenvalue weighted by molar-refractivity contribution is 0.0694. The summed E-state index contributed by atoms with van der Waals surface area (Å²) < 4.78 is 0. The zero-order valence-electron chi connectivity index (χ0n) is 10.3. The van der Waals surface area contributed by atoms with Gasteiger partial charge in [-0.1, -0.05) is 19.9 Å². The summed E-state index contributed by atoms with van der Waals surface area (Å²) >= 11 is 1.46. The van der Waals surface area contributed by atoms with Crippen molar-refractivity contribution in [3.8, 4) is 0 Å². The normalized spacial score (nSPS) is 21.0. The van der Waals surface area contributed by atoms with Crippen molar-refractivity contribution in [2.75, 3.05) is 11.6 Å². The molecule has 3 nitrogen and oxygen atoms in total. The molecule has 1 saturated carbocycles. The van der Waals surface area contributed by atoms with Crippen LogP contribution >= 0.6 is 11.8 Å². The Bertz CT molecular complexity index is 457. The minimum Gasteiger partial charge on any atom is -0.478 e. The quantitative estimate of drug-likeness (QED) is 0.806. The van der Waals surface area contributed by atoms with Gasteiger partial charge in [0.15, 0.2) is 0 Å². The Labute approximate surface area is 106 Å². The van der Waals surface area contributed by atoms with Crippen molar-refractivity contribution in [1.29, 1.82) is 0 Å². The average molecular weight is 251 g/mol. The summed E-state index contributed by atoms with van der Waals surface area (Å²) in [7, 11) is 0. The third-order valence-electron chi connectivity index (χ3n) is 3.30. The first-order valence-electron chi connectivity index (χ1n) is 5.62. The maximum absolute atomic E-state index is 11.3. The summed E-state index contributed by atoms with van der Waals surface area (Å²) in [5.74, 6) is -0.865. The van der Waals surface area contributed by atoms with Crippen LogP contribution in [0.15, 0.2) is 23.1 Å². The number of thioether (sulfide) groups is 1. The van der Waals surface area contributed by atoms with Gasteiger partial charge in [0.1, 0.15) is 0 Å². The lowest BCUT2D eigenvalue weighted by Gasteiger charge is -2.13. The molecule has 4 heteroatoms. The fraction of sp³-hybridized carbons (Fsp3) is 0.462. The highest BCUT2D eigenvalue weighted by Gasteiger charge is 2.46. The Morgan fingerprint density at radius 3 is 2.65 bits per heavy atom. The topological polar surface area (TPSA) is 49.3 Å². The molecule has 1 atom stereocenters. The zero-order chi connectivity index (χ0) is 12.6. The maximum Gasteiger partial charge on any atom is 0.338 e. The van der Waals surface area contributed by atoms with E-state index in [1.165, 1.54) is 11.8 Å². The SMILES string of the molecule is CSc1cccc(NC2CC2(C)C)c1C(=O)O. The third kappa shape index (κ3) is 2.41. The smallest absolute Gasteiger partial charge is 0.338 e. The number of hydrogen-bond acceptors (Lipinski definition) is 3. The monoisotopic (exact) mass is 251 g/mol. The molecule has 1 fully saturated rings. The number of benzene rings is 1. The summed E-state index contributed by atoms with van der Waals surface area (Å²) in [5, 5.41) is 12.6. The van der Waals surface area contributed by atoms with Crippen molar-refractivity contribution in [3.63, 3.8) is 0 Å². The Hall–Kier alpha value is -1.16. The number of aromatic carboxylic acids is 1. The van der Waals surface area contributed by atoms with Crippen molar-refractivity contribution in [1.82, 2.24) is 0 Å². The highest BCUT2D eigenvalue weighted by molar-refractivity contribution is 7.98. The molecule has 1 aliphatic carbocycles. The molecular weight excluding hydrogens is 234 g/mol. The van der Waals surface area contributed by atoms with Gasteiger partial charge in [0.05, 0.1) is 11.3 Å². The molecule has 1 aliphatic rings. The predicted octanol–water partition coefficient (Wildman–Crippen LogP) is 3.32. The molecule has 0 spiro atoms. The number of carboxylic acids is 1. The molecule has 0 amide bonds. The van der Waals surface area contributed by atoms with Gasteiger partial charge in [-0.05, 0) is 30.2 Å². The third-order valence-corrected chi connectivity index (χ3v) is 4.08. The first kappa shape index (κ1) is 12.3. The standard InChI is InChI=1S/C13H17NO2S/c1-13(2)7-10(13)14-8-5-4-6-9(17-3)11(8)12(15)16/h4-6,10,14H,7H2,1-3H3,(H,15,16). The van der Waals surface area contributed by atoms with Crippen molar-refractivity contribution < 1.29 is 9.90 Å². The van der Waals surface area contributed by atoms with Gasteiger partial charge in [-0.3, -0.25) is 0 Å². The van der Waals surface area contributed by atoms with E-state index in [2.05, 4.69) is 19.2 Å². The predicted molar refractivity (Wildman–Crippen MR) is 71.0 cm³/mol. The number of hydrogen-bond donors (Lipinski definition) is 2. The van der Waals surface area contributed by atoms with E-state index in [9.17, 15) is 9.90 Å². The Morgan fingerprint density at radius 2 is 2.18 bits per heavy atom. The van der Waals surface area contributed by atoms with E-state index in [0.29, 0.717) is 11.6 Å². The van der Waals surface area contributed by atoms with E-state index in [1.54, 1.807) is 0 Å². The number of nitrogens with one attached hydrogen (secondary N) is 1. The van der Waals surface area contributed by atoms with Crippen LogP contribution in [0.2, 0.25) is 0 Å². The molecule has 0 aromatic heterocycles. The van der Waals surface area contributed by atoms with Crippen LogP contribution in [0.25, 0.3) is 0 Å². The molecule has 17 heavy (non-hydrogen) atoms. The van der Waals surface area contributed by atoms with Gasteiger partial charge in [-0.2, -0.15) is 0 Å². The molecule has 0 bridgehead atoms. The van der Waals surface area contributed by atoms with Crippen molar-refractivity contribution >= 4 is 23.4 Å². The molecule has 1 aromatic rings. The molecule has 0 saturated heterocycles. The molecule has 0 radical (unpaired) electrons. The highest BCUT2D eigenvalue weighted by atomic mass is 32.2. The van der Waals surface area contributed by atoms with Crippen molar-refractivity contribution in [2.24, 2.45) is 5.41 Å². The largest absolute Gasteiger partial charge is 0.478 e. The number of anilines is 1. The second-order valence-corrected chi connectivity index (χ2v) is 5.93. The average Bonchev–Trinajstić information content (AvgIpc) is 2.85. The second-order valence-electron chi connectivity index (χ2n) is 5.08. The Balaban J connectivity index is 2.30. The van der Waals surface area contributed by atoms with Crippen LogP contribution in [0.3, 0.4) is 0 Å². The summed E-state index contributed by atoms with van der Waals surface area (Å²) in [6.45, 7) is 4.37. The summed E-state index contributed by atoms with van der Waals surface area (Å²) in [5.41, 5.74) is 1.41. The molecule has 1 unspecified atom stereocenters. The van der Waals surface area contributed by atoms with Crippen molar-refractivity contribution in [2.45, 2.75) is 31.2 Å². The molecule has 2 rings (SSSR count). The van der Waals surface area contributed by atoms with E-state index in [1.807, 2.05) is 24.5 Å². The molecule has 92 valence electrons. The minimum absolute atomic E-state index is 0.283. The fourth-order valence-electron chi connectivity index (χ4n) is 1.94. The van der Waals surface area contributed by atoms with Crippen LogP contribution in [0, 0.1) is 5.41 Å². The Kier molecular flexibility index (Phi) is 3.08. The maximum atomic E-state index is 11.3. The van der Waals surface area contributed by atoms with Crippen LogP contribution < -0.4 is 5.32 Å². The van der Waals surface area contributed by atoms with Gasteiger partial charge in [0.25, 0.3) is 0 Å². The summed E-state index contributed by atoms with van der Waals surface area (Å²) in [6, 6.07) is 5.97. The summed E-state index contributed by atoms with van der Waals surface area (Å²) in [4.78, 5) is 12.1. The van der Waals surface area contributed by atoms with E-state index in [0.717, 1.165) is 17.0 Å². The van der Waals surface area contributed by atoms with Crippen LogP contribution in [-0.2, 0) is 0 Å². The number of rotatable bonds is 4. The van der Waals surface area contributed by atoms with Crippen molar-refractivity contribution in [3.05, 3.63) is 23.8 Å². The van der Waals surface area contributed by atoms with Gasteiger partial charge >= 0.3 is 5.97 Å². The Morgan fingerprint density at radius 1 is 1.53 bits per heavy atom. The van der Waals surface area contributed by atoms with Gasteiger partial charge in [0.2, 0.25) is 0 Å². The first-order valence-corrected chi connectivity index (χ1v) is 6.85. The van der Waals surface area contributed by atoms with Crippen LogP contribution in [0.5, 0.6) is 0 Å². The van der Waals surface area contributed by atoms with Gasteiger partial charge in [-0.25, -0.2) is 4.79 Å². The molecule has 1 aromatic carbocycles. The number of carboxylic acid groups (broad SMARTS) is 1. The first-order chi connectivity index (χ1) is 7.95. The van der Waals surface area contributed by atoms with Gasteiger partial charge in [0, 0.05) is 10.9 Å². The zero-order valence-corrected chi connectivity index (χ0v) is 11.1. The van der Waals surface area contributed by atoms with Gasteiger partial charge < -0.3 is 10.4 Å². The molecule has 2 N–H and O–H groups in total. The molecular formula is C13H17NO2S. The van der Waals surface area contributed by atoms with E-state index >= 15 is 0 Å². The lowest BCUT2D eigenvalue weighted by Crippen LogP contribution is -2.12. The van der Waals surface area contributed by atoms with Crippen LogP contribution in [0.4, 0.5) is 5.69 Å². The highest BCUT2D eigenvalue weighted by Crippen LogP contribution is 2.47.